The van der Waals surface area contributed by atoms with Crippen molar-refractivity contribution in [1.82, 2.24) is 14.8 Å². The highest BCUT2D eigenvalue weighted by Gasteiger charge is 2.14. The van der Waals surface area contributed by atoms with E-state index in [9.17, 15) is 0 Å². The Morgan fingerprint density at radius 2 is 2.24 bits per heavy atom. The Morgan fingerprint density at radius 1 is 1.53 bits per heavy atom. The van der Waals surface area contributed by atoms with Crippen LogP contribution in [0.3, 0.4) is 0 Å². The zero-order chi connectivity index (χ0) is 12.4. The van der Waals surface area contributed by atoms with Crippen LogP contribution in [0.5, 0.6) is 0 Å². The lowest BCUT2D eigenvalue weighted by molar-refractivity contribution is 0.657. The molecule has 1 N–H and O–H groups in total. The first kappa shape index (κ1) is 12.3. The van der Waals surface area contributed by atoms with Gasteiger partial charge >= 0.3 is 0 Å². The predicted molar refractivity (Wildman–Crippen MR) is 75.5 cm³/mol. The van der Waals surface area contributed by atoms with Gasteiger partial charge in [-0.15, -0.1) is 6.58 Å². The van der Waals surface area contributed by atoms with Crippen LogP contribution in [-0.2, 0) is 0 Å². The van der Waals surface area contributed by atoms with Gasteiger partial charge in [0, 0.05) is 10.0 Å². The second-order valence-electron chi connectivity index (χ2n) is 3.68. The van der Waals surface area contributed by atoms with Gasteiger partial charge in [-0.1, -0.05) is 40.2 Å². The van der Waals surface area contributed by atoms with Crippen LogP contribution in [0.2, 0.25) is 0 Å². The maximum atomic E-state index is 5.24. The Hall–Kier alpha value is -1.20. The summed E-state index contributed by atoms with van der Waals surface area (Å²) in [6, 6.07) is 8.03. The number of halogens is 1. The molecule has 1 atom stereocenters. The van der Waals surface area contributed by atoms with Gasteiger partial charge in [-0.3, -0.25) is 9.67 Å². The van der Waals surface area contributed by atoms with Crippen molar-refractivity contribution >= 4 is 28.1 Å². The summed E-state index contributed by atoms with van der Waals surface area (Å²) in [4.78, 5) is 0. The van der Waals surface area contributed by atoms with E-state index in [2.05, 4.69) is 32.7 Å². The van der Waals surface area contributed by atoms with Crippen LogP contribution in [0.4, 0.5) is 0 Å². The molecule has 17 heavy (non-hydrogen) atoms. The first-order chi connectivity index (χ1) is 8.15. The molecular formula is C12H12BrN3S. The molecule has 2 aromatic rings. The molecule has 0 saturated heterocycles. The first-order valence-electron chi connectivity index (χ1n) is 5.19. The number of rotatable bonds is 3. The number of hydrogen-bond donors (Lipinski definition) is 1. The van der Waals surface area contributed by atoms with Crippen LogP contribution >= 0.6 is 28.1 Å². The summed E-state index contributed by atoms with van der Waals surface area (Å²) < 4.78 is 3.54. The molecule has 0 aliphatic heterocycles. The Morgan fingerprint density at radius 3 is 2.88 bits per heavy atom. The lowest BCUT2D eigenvalue weighted by Gasteiger charge is -2.11. The van der Waals surface area contributed by atoms with Gasteiger partial charge in [0.1, 0.15) is 0 Å². The number of hydrogen-bond acceptors (Lipinski definition) is 2. The quantitative estimate of drug-likeness (QED) is 0.683. The fourth-order valence-electron chi connectivity index (χ4n) is 1.62. The summed E-state index contributed by atoms with van der Waals surface area (Å²) in [6.07, 6.45) is 1.84. The SMILES string of the molecule is C=CC(C)n1c(-c2ccccc2Br)n[nH]c1=S. The van der Waals surface area contributed by atoms with Crippen LogP contribution in [0.25, 0.3) is 11.4 Å². The molecule has 0 aliphatic rings. The molecule has 5 heteroatoms. The largest absolute Gasteiger partial charge is 0.293 e. The van der Waals surface area contributed by atoms with Gasteiger partial charge in [-0.05, 0) is 25.2 Å². The number of benzene rings is 1. The maximum Gasteiger partial charge on any atom is 0.195 e. The van der Waals surface area contributed by atoms with Crippen LogP contribution in [0, 0.1) is 4.77 Å². The molecule has 2 rings (SSSR count). The zero-order valence-corrected chi connectivity index (χ0v) is 11.8. The minimum absolute atomic E-state index is 0.100. The van der Waals surface area contributed by atoms with Crippen molar-refractivity contribution in [3.8, 4) is 11.4 Å². The van der Waals surface area contributed by atoms with E-state index in [0.717, 1.165) is 15.9 Å². The minimum atomic E-state index is 0.100. The first-order valence-corrected chi connectivity index (χ1v) is 6.39. The van der Waals surface area contributed by atoms with Crippen molar-refractivity contribution in [2.45, 2.75) is 13.0 Å². The third-order valence-electron chi connectivity index (χ3n) is 2.57. The molecular weight excluding hydrogens is 298 g/mol. The van der Waals surface area contributed by atoms with Crippen LogP contribution in [0.15, 0.2) is 41.4 Å². The van der Waals surface area contributed by atoms with Crippen LogP contribution < -0.4 is 0 Å². The summed E-state index contributed by atoms with van der Waals surface area (Å²) in [5.74, 6) is 0.815. The fourth-order valence-corrected chi connectivity index (χ4v) is 2.38. The highest BCUT2D eigenvalue weighted by atomic mass is 79.9. The smallest absolute Gasteiger partial charge is 0.195 e. The average molecular weight is 310 g/mol. The third-order valence-corrected chi connectivity index (χ3v) is 3.55. The number of aromatic amines is 1. The number of H-pyrrole nitrogens is 1. The van der Waals surface area contributed by atoms with Crippen molar-refractivity contribution in [3.05, 3.63) is 46.2 Å². The summed E-state index contributed by atoms with van der Waals surface area (Å²) in [5, 5.41) is 7.11. The third kappa shape index (κ3) is 2.25. The second kappa shape index (κ2) is 4.98. The lowest BCUT2D eigenvalue weighted by atomic mass is 10.2. The molecule has 0 bridgehead atoms. The van der Waals surface area contributed by atoms with Gasteiger partial charge in [0.15, 0.2) is 10.6 Å². The molecule has 3 nitrogen and oxygen atoms in total. The van der Waals surface area contributed by atoms with E-state index >= 15 is 0 Å². The Bertz CT molecular complexity index is 600. The molecule has 0 amide bonds. The van der Waals surface area contributed by atoms with Gasteiger partial charge in [0.25, 0.3) is 0 Å². The van der Waals surface area contributed by atoms with E-state index in [0.29, 0.717) is 4.77 Å². The Labute approximate surface area is 113 Å². The maximum absolute atomic E-state index is 5.24. The molecule has 1 aromatic carbocycles. The van der Waals surface area contributed by atoms with Crippen molar-refractivity contribution in [2.75, 3.05) is 0 Å². The van der Waals surface area contributed by atoms with E-state index in [1.807, 2.05) is 41.8 Å². The van der Waals surface area contributed by atoms with Gasteiger partial charge in [-0.2, -0.15) is 5.10 Å². The Balaban J connectivity index is 2.65. The van der Waals surface area contributed by atoms with Gasteiger partial charge in [-0.25, -0.2) is 0 Å². The van der Waals surface area contributed by atoms with E-state index in [-0.39, 0.29) is 6.04 Å². The Kier molecular flexibility index (Phi) is 3.59. The summed E-state index contributed by atoms with van der Waals surface area (Å²) in [7, 11) is 0. The number of nitrogens with one attached hydrogen (secondary N) is 1. The van der Waals surface area contributed by atoms with Crippen LogP contribution in [0.1, 0.15) is 13.0 Å². The van der Waals surface area contributed by atoms with E-state index in [1.165, 1.54) is 0 Å². The standard InChI is InChI=1S/C12H12BrN3S/c1-3-8(2)16-11(14-15-12(16)17)9-6-4-5-7-10(9)13/h3-8H,1H2,2H3,(H,15,17). The molecule has 0 saturated carbocycles. The highest BCUT2D eigenvalue weighted by molar-refractivity contribution is 9.10. The lowest BCUT2D eigenvalue weighted by Crippen LogP contribution is -2.04. The predicted octanol–water partition coefficient (Wildman–Crippen LogP) is 4.12. The van der Waals surface area contributed by atoms with Crippen molar-refractivity contribution in [1.29, 1.82) is 0 Å². The summed E-state index contributed by atoms with van der Waals surface area (Å²) in [6.45, 7) is 5.82. The van der Waals surface area contributed by atoms with E-state index in [1.54, 1.807) is 0 Å². The van der Waals surface area contributed by atoms with Crippen molar-refractivity contribution < 1.29 is 0 Å². The van der Waals surface area contributed by atoms with Crippen molar-refractivity contribution in [2.24, 2.45) is 0 Å². The molecule has 0 fully saturated rings. The topological polar surface area (TPSA) is 33.6 Å². The van der Waals surface area contributed by atoms with Gasteiger partial charge in [0.2, 0.25) is 0 Å². The minimum Gasteiger partial charge on any atom is -0.293 e. The molecule has 0 aliphatic carbocycles. The van der Waals surface area contributed by atoms with Crippen LogP contribution in [-0.4, -0.2) is 14.8 Å². The number of allylic oxidation sites excluding steroid dienone is 1. The average Bonchev–Trinajstić information content (AvgIpc) is 2.71. The fraction of sp³-hybridized carbons (Fsp3) is 0.167. The van der Waals surface area contributed by atoms with Gasteiger partial charge < -0.3 is 0 Å². The van der Waals surface area contributed by atoms with Gasteiger partial charge in [0.05, 0.1) is 6.04 Å². The van der Waals surface area contributed by atoms with E-state index in [4.69, 9.17) is 12.2 Å². The van der Waals surface area contributed by atoms with Crippen molar-refractivity contribution in [3.63, 3.8) is 0 Å². The monoisotopic (exact) mass is 309 g/mol. The normalized spacial score (nSPS) is 12.4. The molecule has 1 unspecified atom stereocenters. The molecule has 1 aromatic heterocycles. The zero-order valence-electron chi connectivity index (χ0n) is 9.35. The molecule has 0 spiro atoms. The number of aromatic nitrogens is 3. The molecule has 88 valence electrons. The molecule has 0 radical (unpaired) electrons. The number of nitrogens with zero attached hydrogens (tertiary/aromatic N) is 2. The molecule has 1 heterocycles. The highest BCUT2D eigenvalue weighted by Crippen LogP contribution is 2.28. The second-order valence-corrected chi connectivity index (χ2v) is 4.92. The summed E-state index contributed by atoms with van der Waals surface area (Å²) in [5.41, 5.74) is 1.01. The summed E-state index contributed by atoms with van der Waals surface area (Å²) >= 11 is 8.76. The van der Waals surface area contributed by atoms with E-state index < -0.39 is 0 Å².